The number of halogens is 2. The van der Waals surface area contributed by atoms with E-state index >= 15 is 0 Å². The molecule has 2 bridgehead atoms. The maximum absolute atomic E-state index is 13.2. The average Bonchev–Trinajstić information content (AvgIpc) is 3.30. The normalized spacial score (nSPS) is 25.5. The standard InChI is InChI=1S/C19H18F2N2O4/c1-23-9-12(15(22-23)16(20)21)17(24)27-19-8-7-11(14(19)18(25)26-2)10-5-3-4-6-13(10)19/h3-6,9,11,14,16H,7-8H2,1-2H3. The van der Waals surface area contributed by atoms with Crippen LogP contribution in [0.1, 0.15) is 52.4 Å². The van der Waals surface area contributed by atoms with Gasteiger partial charge >= 0.3 is 11.9 Å². The molecule has 0 N–H and O–H groups in total. The average molecular weight is 376 g/mol. The third-order valence-electron chi connectivity index (χ3n) is 5.56. The van der Waals surface area contributed by atoms with Gasteiger partial charge in [-0.15, -0.1) is 0 Å². The lowest BCUT2D eigenvalue weighted by Gasteiger charge is -2.31. The van der Waals surface area contributed by atoms with Crippen molar-refractivity contribution in [3.05, 3.63) is 52.8 Å². The largest absolute Gasteiger partial charge is 0.469 e. The van der Waals surface area contributed by atoms with Crippen LogP contribution in [0, 0.1) is 5.92 Å². The fraction of sp³-hybridized carbons (Fsp3) is 0.421. The molecule has 0 spiro atoms. The highest BCUT2D eigenvalue weighted by atomic mass is 19.3. The first-order valence-electron chi connectivity index (χ1n) is 8.61. The monoisotopic (exact) mass is 376 g/mol. The highest BCUT2D eigenvalue weighted by Crippen LogP contribution is 2.62. The summed E-state index contributed by atoms with van der Waals surface area (Å²) in [6.45, 7) is 0. The topological polar surface area (TPSA) is 70.4 Å². The number of carbonyl (C=O) groups excluding carboxylic acids is 2. The van der Waals surface area contributed by atoms with Crippen LogP contribution in [0.15, 0.2) is 30.5 Å². The van der Waals surface area contributed by atoms with Crippen molar-refractivity contribution in [2.45, 2.75) is 30.8 Å². The van der Waals surface area contributed by atoms with E-state index in [-0.39, 0.29) is 11.5 Å². The molecule has 6 nitrogen and oxygen atoms in total. The Morgan fingerprint density at radius 1 is 1.33 bits per heavy atom. The van der Waals surface area contributed by atoms with Crippen molar-refractivity contribution in [1.82, 2.24) is 9.78 Å². The molecular formula is C19H18F2N2O4. The molecule has 0 amide bonds. The highest BCUT2D eigenvalue weighted by molar-refractivity contribution is 5.91. The van der Waals surface area contributed by atoms with Gasteiger partial charge in [0.15, 0.2) is 5.60 Å². The summed E-state index contributed by atoms with van der Waals surface area (Å²) in [5, 5.41) is 3.65. The van der Waals surface area contributed by atoms with Gasteiger partial charge in [-0.05, 0) is 24.0 Å². The van der Waals surface area contributed by atoms with Gasteiger partial charge in [-0.3, -0.25) is 9.48 Å². The molecule has 2 aliphatic rings. The van der Waals surface area contributed by atoms with E-state index in [2.05, 4.69) is 5.10 Å². The number of rotatable bonds is 4. The third kappa shape index (κ3) is 2.46. The SMILES string of the molecule is COC(=O)C1C2CCC1(OC(=O)c1cn(C)nc1C(F)F)c1ccccc12. The lowest BCUT2D eigenvalue weighted by molar-refractivity contribution is -0.154. The van der Waals surface area contributed by atoms with Crippen LogP contribution < -0.4 is 0 Å². The van der Waals surface area contributed by atoms with Gasteiger partial charge in [-0.2, -0.15) is 5.10 Å². The molecule has 0 aliphatic heterocycles. The lowest BCUT2D eigenvalue weighted by Crippen LogP contribution is -2.38. The fourth-order valence-electron chi connectivity index (χ4n) is 4.56. The van der Waals surface area contributed by atoms with Gasteiger partial charge in [0.25, 0.3) is 6.43 Å². The van der Waals surface area contributed by atoms with E-state index < -0.39 is 35.6 Å². The van der Waals surface area contributed by atoms with Crippen molar-refractivity contribution in [3.63, 3.8) is 0 Å². The molecule has 8 heteroatoms. The van der Waals surface area contributed by atoms with Crippen molar-refractivity contribution >= 4 is 11.9 Å². The maximum atomic E-state index is 13.2. The molecule has 3 unspecified atom stereocenters. The van der Waals surface area contributed by atoms with E-state index in [1.165, 1.54) is 20.4 Å². The van der Waals surface area contributed by atoms with Crippen LogP contribution in [-0.2, 0) is 26.9 Å². The van der Waals surface area contributed by atoms with Gasteiger partial charge in [0.05, 0.1) is 7.11 Å². The van der Waals surface area contributed by atoms with Crippen LogP contribution in [0.3, 0.4) is 0 Å². The number of hydrogen-bond donors (Lipinski definition) is 0. The van der Waals surface area contributed by atoms with Crippen LogP contribution in [-0.4, -0.2) is 28.8 Å². The number of benzene rings is 1. The molecule has 2 aliphatic carbocycles. The molecule has 1 aromatic carbocycles. The first-order chi connectivity index (χ1) is 12.9. The molecule has 0 radical (unpaired) electrons. The van der Waals surface area contributed by atoms with Gasteiger partial charge in [0.1, 0.15) is 17.2 Å². The first kappa shape index (κ1) is 17.6. The quantitative estimate of drug-likeness (QED) is 0.767. The van der Waals surface area contributed by atoms with Gasteiger partial charge in [-0.1, -0.05) is 24.3 Å². The molecule has 1 fully saturated rings. The van der Waals surface area contributed by atoms with Crippen molar-refractivity contribution in [2.75, 3.05) is 7.11 Å². The molecule has 1 saturated carbocycles. The number of hydrogen-bond acceptors (Lipinski definition) is 5. The van der Waals surface area contributed by atoms with E-state index in [9.17, 15) is 18.4 Å². The molecule has 2 aromatic rings. The number of alkyl halides is 2. The zero-order valence-corrected chi connectivity index (χ0v) is 14.8. The minimum absolute atomic E-state index is 0.120. The molecule has 0 saturated heterocycles. The summed E-state index contributed by atoms with van der Waals surface area (Å²) in [4.78, 5) is 25.3. The number of aryl methyl sites for hydroxylation is 1. The van der Waals surface area contributed by atoms with Gasteiger partial charge in [0, 0.05) is 19.2 Å². The molecule has 27 heavy (non-hydrogen) atoms. The number of ether oxygens (including phenoxy) is 2. The Morgan fingerprint density at radius 2 is 2.07 bits per heavy atom. The zero-order chi connectivity index (χ0) is 19.3. The minimum Gasteiger partial charge on any atom is -0.469 e. The maximum Gasteiger partial charge on any atom is 0.342 e. The summed E-state index contributed by atoms with van der Waals surface area (Å²) in [5.74, 6) is -2.19. The Bertz CT molecular complexity index is 926. The molecule has 4 rings (SSSR count). The van der Waals surface area contributed by atoms with E-state index in [0.717, 1.165) is 15.8 Å². The Labute approximate surface area is 154 Å². The predicted molar refractivity (Wildman–Crippen MR) is 89.2 cm³/mol. The van der Waals surface area contributed by atoms with E-state index in [0.29, 0.717) is 12.8 Å². The smallest absolute Gasteiger partial charge is 0.342 e. The van der Waals surface area contributed by atoms with Crippen LogP contribution >= 0.6 is 0 Å². The number of nitrogens with zero attached hydrogens (tertiary/aromatic N) is 2. The second kappa shape index (κ2) is 6.14. The summed E-state index contributed by atoms with van der Waals surface area (Å²) >= 11 is 0. The summed E-state index contributed by atoms with van der Waals surface area (Å²) in [6.07, 6.45) is -0.612. The Morgan fingerprint density at radius 3 is 2.78 bits per heavy atom. The molecule has 142 valence electrons. The molecule has 1 aromatic heterocycles. The van der Waals surface area contributed by atoms with E-state index in [4.69, 9.17) is 9.47 Å². The Balaban J connectivity index is 1.77. The Kier molecular flexibility index (Phi) is 4.01. The van der Waals surface area contributed by atoms with Crippen LogP contribution in [0.2, 0.25) is 0 Å². The summed E-state index contributed by atoms with van der Waals surface area (Å²) in [7, 11) is 2.74. The first-order valence-corrected chi connectivity index (χ1v) is 8.61. The number of methoxy groups -OCH3 is 1. The number of aromatic nitrogens is 2. The van der Waals surface area contributed by atoms with Crippen LogP contribution in [0.5, 0.6) is 0 Å². The minimum atomic E-state index is -2.91. The molecular weight excluding hydrogens is 358 g/mol. The summed E-state index contributed by atoms with van der Waals surface area (Å²) in [6, 6.07) is 7.38. The van der Waals surface area contributed by atoms with Crippen molar-refractivity contribution in [3.8, 4) is 0 Å². The second-order valence-electron chi connectivity index (χ2n) is 6.91. The zero-order valence-electron chi connectivity index (χ0n) is 14.8. The summed E-state index contributed by atoms with van der Waals surface area (Å²) in [5.41, 5.74) is -0.451. The highest BCUT2D eigenvalue weighted by Gasteiger charge is 2.63. The second-order valence-corrected chi connectivity index (χ2v) is 6.91. The lowest BCUT2D eigenvalue weighted by atomic mass is 9.87. The van der Waals surface area contributed by atoms with Gasteiger partial charge < -0.3 is 9.47 Å². The van der Waals surface area contributed by atoms with Crippen LogP contribution in [0.25, 0.3) is 0 Å². The Hall–Kier alpha value is -2.77. The number of fused-ring (bicyclic) bond motifs is 5. The number of esters is 2. The third-order valence-corrected chi connectivity index (χ3v) is 5.56. The van der Waals surface area contributed by atoms with Crippen LogP contribution in [0.4, 0.5) is 8.78 Å². The van der Waals surface area contributed by atoms with Gasteiger partial charge in [-0.25, -0.2) is 13.6 Å². The van der Waals surface area contributed by atoms with Crippen molar-refractivity contribution in [2.24, 2.45) is 13.0 Å². The number of carbonyl (C=O) groups is 2. The van der Waals surface area contributed by atoms with E-state index in [1.54, 1.807) is 6.07 Å². The molecule has 3 atom stereocenters. The summed E-state index contributed by atoms with van der Waals surface area (Å²) < 4.78 is 38.4. The van der Waals surface area contributed by atoms with Gasteiger partial charge in [0.2, 0.25) is 0 Å². The van der Waals surface area contributed by atoms with Crippen molar-refractivity contribution < 1.29 is 27.8 Å². The fourth-order valence-corrected chi connectivity index (χ4v) is 4.56. The predicted octanol–water partition coefficient (Wildman–Crippen LogP) is 3.09. The van der Waals surface area contributed by atoms with E-state index in [1.807, 2.05) is 18.2 Å². The molecule has 1 heterocycles. The van der Waals surface area contributed by atoms with Crippen molar-refractivity contribution in [1.29, 1.82) is 0 Å².